The van der Waals surface area contributed by atoms with Gasteiger partial charge in [0, 0.05) is 0 Å². The van der Waals surface area contributed by atoms with Gasteiger partial charge in [0.2, 0.25) is 0 Å². The van der Waals surface area contributed by atoms with Crippen LogP contribution in [0.25, 0.3) is 0 Å². The molecule has 1 rings (SSSR count). The summed E-state index contributed by atoms with van der Waals surface area (Å²) in [5.41, 5.74) is -0.605. The predicted molar refractivity (Wildman–Crippen MR) is 79.2 cm³/mol. The summed E-state index contributed by atoms with van der Waals surface area (Å²) in [5, 5.41) is 11.7. The molecule has 0 heterocycles. The molecule has 7 nitrogen and oxygen atoms in total. The number of benzene rings is 1. The van der Waals surface area contributed by atoms with Crippen molar-refractivity contribution in [2.75, 3.05) is 19.5 Å². The molecule has 0 unspecified atom stereocenters. The smallest absolute Gasteiger partial charge is 0.354 e. The molecule has 0 aliphatic carbocycles. The van der Waals surface area contributed by atoms with E-state index in [1.54, 1.807) is 0 Å². The van der Waals surface area contributed by atoms with Gasteiger partial charge in [-0.1, -0.05) is 23.2 Å². The first-order chi connectivity index (χ1) is 10.3. The van der Waals surface area contributed by atoms with Crippen LogP contribution in [0.3, 0.4) is 0 Å². The fraction of sp³-hybridized carbons (Fsp3) is 0.154. The number of aromatic carboxylic acids is 1. The molecule has 0 bridgehead atoms. The Bertz CT molecular complexity index is 656. The molecule has 0 saturated carbocycles. The number of esters is 2. The summed E-state index contributed by atoms with van der Waals surface area (Å²) >= 11 is 11.6. The average molecular weight is 348 g/mol. The first-order valence-electron chi connectivity index (χ1n) is 5.67. The number of anilines is 1. The zero-order valence-corrected chi connectivity index (χ0v) is 13.0. The van der Waals surface area contributed by atoms with Crippen LogP contribution < -0.4 is 5.32 Å². The van der Waals surface area contributed by atoms with E-state index < -0.39 is 17.9 Å². The van der Waals surface area contributed by atoms with Gasteiger partial charge in [-0.15, -0.1) is 0 Å². The highest BCUT2D eigenvalue weighted by atomic mass is 35.5. The molecule has 1 aromatic rings. The highest BCUT2D eigenvalue weighted by molar-refractivity contribution is 6.42. The van der Waals surface area contributed by atoms with Crippen LogP contribution in [0.4, 0.5) is 5.69 Å². The monoisotopic (exact) mass is 347 g/mol. The molecule has 0 amide bonds. The third kappa shape index (κ3) is 4.37. The zero-order chi connectivity index (χ0) is 16.9. The van der Waals surface area contributed by atoms with Gasteiger partial charge in [0.15, 0.2) is 0 Å². The summed E-state index contributed by atoms with van der Waals surface area (Å²) in [6.45, 7) is 0. The van der Waals surface area contributed by atoms with E-state index in [0.717, 1.165) is 26.4 Å². The summed E-state index contributed by atoms with van der Waals surface area (Å²) in [6.07, 6.45) is 0.819. The minimum absolute atomic E-state index is 0.0289. The third-order valence-electron chi connectivity index (χ3n) is 2.43. The van der Waals surface area contributed by atoms with Crippen molar-refractivity contribution >= 4 is 46.8 Å². The van der Waals surface area contributed by atoms with Gasteiger partial charge in [0.25, 0.3) is 0 Å². The molecule has 0 spiro atoms. The van der Waals surface area contributed by atoms with Gasteiger partial charge < -0.3 is 19.9 Å². The lowest BCUT2D eigenvalue weighted by Crippen LogP contribution is -2.17. The number of hydrogen-bond donors (Lipinski definition) is 2. The molecule has 0 aromatic heterocycles. The summed E-state index contributed by atoms with van der Waals surface area (Å²) in [5.74, 6) is -3.03. The number of carboxylic acids is 1. The lowest BCUT2D eigenvalue weighted by molar-refractivity contribution is -0.138. The topological polar surface area (TPSA) is 102 Å². The lowest BCUT2D eigenvalue weighted by Gasteiger charge is -2.12. The van der Waals surface area contributed by atoms with Crippen molar-refractivity contribution in [1.82, 2.24) is 0 Å². The molecule has 0 atom stereocenters. The van der Waals surface area contributed by atoms with E-state index in [0.29, 0.717) is 0 Å². The summed E-state index contributed by atoms with van der Waals surface area (Å²) in [6, 6.07) is 2.32. The van der Waals surface area contributed by atoms with E-state index in [-0.39, 0.29) is 27.0 Å². The Balaban J connectivity index is 3.32. The summed E-state index contributed by atoms with van der Waals surface area (Å²) in [7, 11) is 2.22. The Kier molecular flexibility index (Phi) is 6.21. The molecule has 22 heavy (non-hydrogen) atoms. The van der Waals surface area contributed by atoms with Crippen LogP contribution in [0.2, 0.25) is 10.0 Å². The maximum absolute atomic E-state index is 11.6. The fourth-order valence-electron chi connectivity index (χ4n) is 1.41. The number of carbonyl (C=O) groups excluding carboxylic acids is 2. The Labute approximate surface area is 135 Å². The van der Waals surface area contributed by atoms with Gasteiger partial charge in [0.1, 0.15) is 5.70 Å². The number of halogens is 2. The summed E-state index contributed by atoms with van der Waals surface area (Å²) in [4.78, 5) is 34.1. The van der Waals surface area contributed by atoms with Crippen LogP contribution in [0.15, 0.2) is 23.9 Å². The van der Waals surface area contributed by atoms with E-state index in [4.69, 9.17) is 28.3 Å². The van der Waals surface area contributed by atoms with Gasteiger partial charge in [0.05, 0.1) is 41.6 Å². The number of carbonyl (C=O) groups is 3. The van der Waals surface area contributed by atoms with Gasteiger partial charge in [-0.25, -0.2) is 14.4 Å². The van der Waals surface area contributed by atoms with Crippen molar-refractivity contribution in [3.05, 3.63) is 39.5 Å². The number of methoxy groups -OCH3 is 2. The van der Waals surface area contributed by atoms with Crippen molar-refractivity contribution < 1.29 is 29.0 Å². The minimum atomic E-state index is -1.30. The second-order valence-corrected chi connectivity index (χ2v) is 4.63. The minimum Gasteiger partial charge on any atom is -0.478 e. The standard InChI is InChI=1S/C13H11Cl2NO6/c1-21-11(17)5-10(13(20)22-2)16-9-4-8(15)7(14)3-6(9)12(18)19/h3-5,16H,1-2H3,(H,18,19)/b10-5+. The average Bonchev–Trinajstić information content (AvgIpc) is 2.48. The fourth-order valence-corrected chi connectivity index (χ4v) is 1.73. The van der Waals surface area contributed by atoms with Crippen molar-refractivity contribution in [3.63, 3.8) is 0 Å². The second kappa shape index (κ2) is 7.67. The quantitative estimate of drug-likeness (QED) is 0.622. The van der Waals surface area contributed by atoms with Crippen molar-refractivity contribution in [3.8, 4) is 0 Å². The molecule has 0 aliphatic rings. The van der Waals surface area contributed by atoms with Crippen LogP contribution >= 0.6 is 23.2 Å². The molecule has 118 valence electrons. The van der Waals surface area contributed by atoms with E-state index in [1.165, 1.54) is 6.07 Å². The van der Waals surface area contributed by atoms with E-state index >= 15 is 0 Å². The van der Waals surface area contributed by atoms with Crippen molar-refractivity contribution in [2.24, 2.45) is 0 Å². The van der Waals surface area contributed by atoms with Crippen molar-refractivity contribution in [2.45, 2.75) is 0 Å². The van der Waals surface area contributed by atoms with Gasteiger partial charge in [-0.2, -0.15) is 0 Å². The van der Waals surface area contributed by atoms with Gasteiger partial charge >= 0.3 is 17.9 Å². The third-order valence-corrected chi connectivity index (χ3v) is 3.15. The number of hydrogen-bond acceptors (Lipinski definition) is 6. The highest BCUT2D eigenvalue weighted by Crippen LogP contribution is 2.30. The Morgan fingerprint density at radius 1 is 1.14 bits per heavy atom. The molecule has 0 aliphatic heterocycles. The molecule has 2 N–H and O–H groups in total. The van der Waals surface area contributed by atoms with Crippen LogP contribution in [-0.4, -0.2) is 37.2 Å². The Hall–Kier alpha value is -2.25. The van der Waals surface area contributed by atoms with Crippen LogP contribution in [0.1, 0.15) is 10.4 Å². The maximum Gasteiger partial charge on any atom is 0.354 e. The largest absolute Gasteiger partial charge is 0.478 e. The predicted octanol–water partition coefficient (Wildman–Crippen LogP) is 2.33. The van der Waals surface area contributed by atoms with Crippen LogP contribution in [0, 0.1) is 0 Å². The number of rotatable bonds is 5. The van der Waals surface area contributed by atoms with E-state index in [2.05, 4.69) is 14.8 Å². The SMILES string of the molecule is COC(=O)/C=C(/Nc1cc(Cl)c(Cl)cc1C(=O)O)C(=O)OC. The normalized spacial score (nSPS) is 10.8. The molecule has 9 heteroatoms. The molecular weight excluding hydrogens is 337 g/mol. The summed E-state index contributed by atoms with van der Waals surface area (Å²) < 4.78 is 8.91. The molecule has 0 saturated heterocycles. The van der Waals surface area contributed by atoms with Gasteiger partial charge in [-0.3, -0.25) is 0 Å². The Morgan fingerprint density at radius 2 is 1.73 bits per heavy atom. The Morgan fingerprint density at radius 3 is 2.23 bits per heavy atom. The first kappa shape index (κ1) is 17.8. The molecule has 0 radical (unpaired) electrons. The maximum atomic E-state index is 11.6. The lowest BCUT2D eigenvalue weighted by atomic mass is 10.1. The van der Waals surface area contributed by atoms with E-state index in [9.17, 15) is 14.4 Å². The molecular formula is C13H11Cl2NO6. The number of ether oxygens (including phenoxy) is 2. The second-order valence-electron chi connectivity index (χ2n) is 3.81. The molecule has 1 aromatic carbocycles. The molecule has 0 fully saturated rings. The van der Waals surface area contributed by atoms with Crippen molar-refractivity contribution in [1.29, 1.82) is 0 Å². The zero-order valence-electron chi connectivity index (χ0n) is 11.5. The number of carboxylic acid groups (broad SMARTS) is 1. The number of nitrogens with one attached hydrogen (secondary N) is 1. The van der Waals surface area contributed by atoms with E-state index in [1.807, 2.05) is 0 Å². The van der Waals surface area contributed by atoms with Gasteiger partial charge in [-0.05, 0) is 12.1 Å². The highest BCUT2D eigenvalue weighted by Gasteiger charge is 2.18. The van der Waals surface area contributed by atoms with Crippen LogP contribution in [0.5, 0.6) is 0 Å². The first-order valence-corrected chi connectivity index (χ1v) is 6.43. The van der Waals surface area contributed by atoms with Crippen LogP contribution in [-0.2, 0) is 19.1 Å².